The summed E-state index contributed by atoms with van der Waals surface area (Å²) >= 11 is 0. The van der Waals surface area contributed by atoms with Crippen LogP contribution in [0.5, 0.6) is 5.75 Å². The first kappa shape index (κ1) is 13.4. The lowest BCUT2D eigenvalue weighted by Crippen LogP contribution is -2.47. The zero-order valence-electron chi connectivity index (χ0n) is 11.8. The van der Waals surface area contributed by atoms with Crippen LogP contribution in [0.25, 0.3) is 0 Å². The molecule has 1 fully saturated rings. The van der Waals surface area contributed by atoms with E-state index >= 15 is 0 Å². The van der Waals surface area contributed by atoms with Gasteiger partial charge in [0.2, 0.25) is 5.91 Å². The molecule has 1 aliphatic heterocycles. The van der Waals surface area contributed by atoms with Crippen molar-refractivity contribution in [3.8, 4) is 5.75 Å². The summed E-state index contributed by atoms with van der Waals surface area (Å²) < 4.78 is 0. The van der Waals surface area contributed by atoms with Gasteiger partial charge in [0.15, 0.2) is 0 Å². The third-order valence-electron chi connectivity index (χ3n) is 4.61. The number of nitrogens with zero attached hydrogens (tertiary/aromatic N) is 1. The van der Waals surface area contributed by atoms with Crippen molar-refractivity contribution in [2.45, 2.75) is 51.1 Å². The Balaban J connectivity index is 1.81. The average Bonchev–Trinajstić information content (AvgIpc) is 2.86. The van der Waals surface area contributed by atoms with Crippen LogP contribution < -0.4 is 5.73 Å². The number of benzene rings is 1. The van der Waals surface area contributed by atoms with Crippen molar-refractivity contribution >= 4 is 5.91 Å². The number of hydrogen-bond donors (Lipinski definition) is 2. The van der Waals surface area contributed by atoms with Gasteiger partial charge >= 0.3 is 0 Å². The quantitative estimate of drug-likeness (QED) is 0.882. The number of aromatic hydroxyl groups is 1. The maximum Gasteiger partial charge on any atom is 0.234 e. The van der Waals surface area contributed by atoms with E-state index in [1.807, 2.05) is 6.07 Å². The number of likely N-dealkylation sites (tertiary alicyclic amines) is 1. The van der Waals surface area contributed by atoms with Gasteiger partial charge in [-0.25, -0.2) is 0 Å². The molecule has 1 aromatic rings. The van der Waals surface area contributed by atoms with Gasteiger partial charge in [-0.05, 0) is 55.8 Å². The summed E-state index contributed by atoms with van der Waals surface area (Å²) in [4.78, 5) is 13.7. The Morgan fingerprint density at radius 3 is 2.75 bits per heavy atom. The number of amides is 1. The molecule has 20 heavy (non-hydrogen) atoms. The van der Waals surface area contributed by atoms with Gasteiger partial charge in [0, 0.05) is 12.1 Å². The van der Waals surface area contributed by atoms with Gasteiger partial charge < -0.3 is 10.8 Å². The summed E-state index contributed by atoms with van der Waals surface area (Å²) in [6, 6.07) is 3.84. The molecule has 0 radical (unpaired) electrons. The molecule has 108 valence electrons. The number of hydrogen-bond acceptors (Lipinski definition) is 3. The molecule has 1 saturated heterocycles. The second-order valence-electron chi connectivity index (χ2n) is 5.99. The van der Waals surface area contributed by atoms with Crippen LogP contribution in [0.1, 0.15) is 42.4 Å². The Hall–Kier alpha value is -1.55. The monoisotopic (exact) mass is 274 g/mol. The number of aryl methyl sites for hydroxylation is 2. The molecule has 3 rings (SSSR count). The summed E-state index contributed by atoms with van der Waals surface area (Å²) in [5.74, 6) is 0.116. The number of nitrogens with two attached hydrogens (primary N) is 1. The minimum absolute atomic E-state index is 0.184. The number of carbonyl (C=O) groups excluding carboxylic acids is 1. The van der Waals surface area contributed by atoms with E-state index < -0.39 is 0 Å². The highest BCUT2D eigenvalue weighted by atomic mass is 16.3. The Kier molecular flexibility index (Phi) is 3.66. The van der Waals surface area contributed by atoms with Crippen molar-refractivity contribution < 1.29 is 9.90 Å². The summed E-state index contributed by atoms with van der Waals surface area (Å²) in [6.07, 6.45) is 6.32. The van der Waals surface area contributed by atoms with Crippen LogP contribution in [0.15, 0.2) is 12.1 Å². The van der Waals surface area contributed by atoms with Gasteiger partial charge in [-0.2, -0.15) is 0 Å². The Bertz CT molecular complexity index is 527. The zero-order chi connectivity index (χ0) is 14.1. The van der Waals surface area contributed by atoms with Crippen molar-refractivity contribution in [3.05, 3.63) is 28.8 Å². The normalized spacial score (nSPS) is 22.7. The third kappa shape index (κ3) is 2.52. The Morgan fingerprint density at radius 1 is 1.25 bits per heavy atom. The molecule has 0 aromatic heterocycles. The average molecular weight is 274 g/mol. The fraction of sp³-hybridized carbons (Fsp3) is 0.562. The minimum Gasteiger partial charge on any atom is -0.508 e. The molecule has 2 aliphatic rings. The second kappa shape index (κ2) is 5.44. The molecule has 0 spiro atoms. The van der Waals surface area contributed by atoms with Gasteiger partial charge in [-0.1, -0.05) is 12.5 Å². The Morgan fingerprint density at radius 2 is 2.00 bits per heavy atom. The van der Waals surface area contributed by atoms with E-state index in [2.05, 4.69) is 11.0 Å². The van der Waals surface area contributed by atoms with Crippen molar-refractivity contribution in [1.82, 2.24) is 4.90 Å². The number of piperidine rings is 1. The molecule has 1 aromatic carbocycles. The highest BCUT2D eigenvalue weighted by Gasteiger charge is 2.27. The molecule has 0 bridgehead atoms. The molecular formula is C16H22N2O2. The molecule has 1 heterocycles. The number of rotatable bonds is 3. The zero-order valence-corrected chi connectivity index (χ0v) is 11.8. The minimum atomic E-state index is -0.245. The Labute approximate surface area is 119 Å². The molecule has 1 amide bonds. The highest BCUT2D eigenvalue weighted by Crippen LogP contribution is 2.31. The molecule has 0 saturated carbocycles. The van der Waals surface area contributed by atoms with Gasteiger partial charge in [0.25, 0.3) is 0 Å². The molecule has 1 atom stereocenters. The first-order chi connectivity index (χ1) is 9.65. The van der Waals surface area contributed by atoms with Gasteiger partial charge in [0.05, 0.1) is 6.04 Å². The van der Waals surface area contributed by atoms with E-state index in [0.29, 0.717) is 12.3 Å². The number of phenolic OH excluding ortho intramolecular Hbond substituents is 1. The lowest BCUT2D eigenvalue weighted by atomic mass is 9.99. The predicted molar refractivity (Wildman–Crippen MR) is 77.4 cm³/mol. The smallest absolute Gasteiger partial charge is 0.234 e. The van der Waals surface area contributed by atoms with E-state index in [1.165, 1.54) is 17.5 Å². The van der Waals surface area contributed by atoms with E-state index in [0.717, 1.165) is 44.2 Å². The summed E-state index contributed by atoms with van der Waals surface area (Å²) in [7, 11) is 0. The maximum absolute atomic E-state index is 11.5. The first-order valence-corrected chi connectivity index (χ1v) is 7.52. The third-order valence-corrected chi connectivity index (χ3v) is 4.61. The van der Waals surface area contributed by atoms with Crippen LogP contribution in [0.4, 0.5) is 0 Å². The lowest BCUT2D eigenvalue weighted by molar-refractivity contribution is -0.124. The van der Waals surface area contributed by atoms with Crippen molar-refractivity contribution in [3.63, 3.8) is 0 Å². The van der Waals surface area contributed by atoms with Crippen molar-refractivity contribution in [2.24, 2.45) is 5.73 Å². The van der Waals surface area contributed by atoms with Gasteiger partial charge in [-0.15, -0.1) is 0 Å². The van der Waals surface area contributed by atoms with Gasteiger partial charge in [0.1, 0.15) is 5.75 Å². The van der Waals surface area contributed by atoms with E-state index in [-0.39, 0.29) is 11.9 Å². The fourth-order valence-electron chi connectivity index (χ4n) is 3.51. The number of fused-ring (bicyclic) bond motifs is 1. The van der Waals surface area contributed by atoms with Crippen LogP contribution in [-0.4, -0.2) is 28.5 Å². The number of carbonyl (C=O) groups is 1. The molecule has 1 aliphatic carbocycles. The van der Waals surface area contributed by atoms with Crippen LogP contribution in [0.2, 0.25) is 0 Å². The van der Waals surface area contributed by atoms with Gasteiger partial charge in [-0.3, -0.25) is 9.69 Å². The fourth-order valence-corrected chi connectivity index (χ4v) is 3.51. The van der Waals surface area contributed by atoms with E-state index in [1.54, 1.807) is 0 Å². The van der Waals surface area contributed by atoms with E-state index in [9.17, 15) is 9.90 Å². The SMILES string of the molecule is NC(=O)C1CCCCN1Cc1cc2c(cc1O)CCC2. The van der Waals surface area contributed by atoms with Crippen LogP contribution in [0.3, 0.4) is 0 Å². The summed E-state index contributed by atoms with van der Waals surface area (Å²) in [5, 5.41) is 10.2. The molecule has 4 nitrogen and oxygen atoms in total. The van der Waals surface area contributed by atoms with Crippen molar-refractivity contribution in [2.75, 3.05) is 6.54 Å². The molecular weight excluding hydrogens is 252 g/mol. The lowest BCUT2D eigenvalue weighted by Gasteiger charge is -2.33. The van der Waals surface area contributed by atoms with Crippen LogP contribution in [-0.2, 0) is 24.2 Å². The largest absolute Gasteiger partial charge is 0.508 e. The summed E-state index contributed by atoms with van der Waals surface area (Å²) in [5.41, 5.74) is 9.05. The topological polar surface area (TPSA) is 66.6 Å². The number of phenols is 1. The van der Waals surface area contributed by atoms with E-state index in [4.69, 9.17) is 5.73 Å². The molecule has 1 unspecified atom stereocenters. The highest BCUT2D eigenvalue weighted by molar-refractivity contribution is 5.79. The van der Waals surface area contributed by atoms with Crippen LogP contribution in [0, 0.1) is 0 Å². The van der Waals surface area contributed by atoms with Crippen molar-refractivity contribution in [1.29, 1.82) is 0 Å². The second-order valence-corrected chi connectivity index (χ2v) is 5.99. The standard InChI is InChI=1S/C16H22N2O2/c17-16(20)14-6-1-2-7-18(14)10-13-8-11-4-3-5-12(11)9-15(13)19/h8-9,14,19H,1-7,10H2,(H2,17,20). The number of primary amides is 1. The van der Waals surface area contributed by atoms with Crippen LogP contribution >= 0.6 is 0 Å². The predicted octanol–water partition coefficient (Wildman–Crippen LogP) is 1.72. The first-order valence-electron chi connectivity index (χ1n) is 7.52. The molecule has 3 N–H and O–H groups in total. The maximum atomic E-state index is 11.5. The molecule has 4 heteroatoms. The summed E-state index contributed by atoms with van der Waals surface area (Å²) in [6.45, 7) is 1.50.